The summed E-state index contributed by atoms with van der Waals surface area (Å²) in [7, 11) is 0. The van der Waals surface area contributed by atoms with Gasteiger partial charge in [-0.1, -0.05) is 17.7 Å². The quantitative estimate of drug-likeness (QED) is 0.573. The van der Waals surface area contributed by atoms with Crippen molar-refractivity contribution in [3.63, 3.8) is 0 Å². The number of hydrogen-bond acceptors (Lipinski definition) is 4. The van der Waals surface area contributed by atoms with E-state index < -0.39 is 0 Å². The minimum absolute atomic E-state index is 0.0423. The lowest BCUT2D eigenvalue weighted by Gasteiger charge is -2.04. The molecule has 0 saturated heterocycles. The number of fused-ring (bicyclic) bond motifs is 1. The number of hydrazone groups is 1. The Balaban J connectivity index is 1.82. The Hall–Kier alpha value is -2.92. The van der Waals surface area contributed by atoms with Gasteiger partial charge < -0.3 is 5.11 Å². The number of amides is 1. The monoisotopic (exact) mass is 325 g/mol. The summed E-state index contributed by atoms with van der Waals surface area (Å²) < 4.78 is 0. The molecule has 0 saturated carbocycles. The third-order valence-electron chi connectivity index (χ3n) is 3.26. The van der Waals surface area contributed by atoms with Gasteiger partial charge in [0.25, 0.3) is 5.91 Å². The van der Waals surface area contributed by atoms with Crippen LogP contribution in [-0.2, 0) is 0 Å². The van der Waals surface area contributed by atoms with Gasteiger partial charge in [0.05, 0.1) is 17.3 Å². The molecule has 0 aliphatic carbocycles. The van der Waals surface area contributed by atoms with Crippen LogP contribution in [0.15, 0.2) is 59.8 Å². The highest BCUT2D eigenvalue weighted by Gasteiger charge is 2.07. The Labute approximate surface area is 137 Å². The van der Waals surface area contributed by atoms with Gasteiger partial charge in [-0.2, -0.15) is 5.10 Å². The lowest BCUT2D eigenvalue weighted by atomic mass is 10.1. The number of nitrogens with one attached hydrogen (secondary N) is 1. The van der Waals surface area contributed by atoms with E-state index in [4.69, 9.17) is 11.6 Å². The number of phenols is 1. The van der Waals surface area contributed by atoms with Gasteiger partial charge in [0.15, 0.2) is 0 Å². The molecule has 0 atom stereocenters. The highest BCUT2D eigenvalue weighted by Crippen LogP contribution is 2.23. The SMILES string of the molecule is O=C(N/N=C/c1c(O)ccc2cccnc12)c1ccc(Cl)cc1. The average Bonchev–Trinajstić information content (AvgIpc) is 2.57. The minimum Gasteiger partial charge on any atom is -0.507 e. The molecule has 0 bridgehead atoms. The molecule has 2 N–H and O–H groups in total. The molecule has 3 aromatic rings. The van der Waals surface area contributed by atoms with E-state index in [-0.39, 0.29) is 11.7 Å². The largest absolute Gasteiger partial charge is 0.507 e. The molecule has 0 radical (unpaired) electrons. The summed E-state index contributed by atoms with van der Waals surface area (Å²) in [6, 6.07) is 13.5. The van der Waals surface area contributed by atoms with E-state index in [2.05, 4.69) is 15.5 Å². The Morgan fingerprint density at radius 1 is 1.17 bits per heavy atom. The summed E-state index contributed by atoms with van der Waals surface area (Å²) in [5.74, 6) is -0.328. The molecule has 0 spiro atoms. The molecule has 0 aliphatic heterocycles. The van der Waals surface area contributed by atoms with Crippen molar-refractivity contribution in [2.75, 3.05) is 0 Å². The van der Waals surface area contributed by atoms with Crippen molar-refractivity contribution in [2.24, 2.45) is 5.10 Å². The zero-order valence-corrected chi connectivity index (χ0v) is 12.7. The molecule has 1 heterocycles. The number of benzene rings is 2. The second-order valence-electron chi connectivity index (χ2n) is 4.78. The first-order valence-corrected chi connectivity index (χ1v) is 7.18. The van der Waals surface area contributed by atoms with Crippen LogP contribution in [0.1, 0.15) is 15.9 Å². The molecule has 1 aromatic heterocycles. The molecule has 3 rings (SSSR count). The molecule has 114 valence electrons. The topological polar surface area (TPSA) is 74.6 Å². The maximum Gasteiger partial charge on any atom is 0.271 e. The standard InChI is InChI=1S/C17H12ClN3O2/c18-13-6-3-12(4-7-13)17(23)21-20-10-14-15(22)8-5-11-2-1-9-19-16(11)14/h1-10,22H,(H,21,23)/b20-10+. The summed E-state index contributed by atoms with van der Waals surface area (Å²) in [4.78, 5) is 16.2. The summed E-state index contributed by atoms with van der Waals surface area (Å²) in [6.45, 7) is 0. The lowest BCUT2D eigenvalue weighted by molar-refractivity contribution is 0.0955. The maximum absolute atomic E-state index is 11.9. The second kappa shape index (κ2) is 6.46. The first kappa shape index (κ1) is 15.0. The van der Waals surface area contributed by atoms with Gasteiger partial charge in [-0.15, -0.1) is 0 Å². The molecule has 0 fully saturated rings. The van der Waals surface area contributed by atoms with Crippen LogP contribution in [-0.4, -0.2) is 22.2 Å². The lowest BCUT2D eigenvalue weighted by Crippen LogP contribution is -2.17. The Morgan fingerprint density at radius 2 is 1.96 bits per heavy atom. The third kappa shape index (κ3) is 3.30. The van der Waals surface area contributed by atoms with Crippen molar-refractivity contribution >= 4 is 34.6 Å². The number of aromatic hydroxyl groups is 1. The number of aromatic nitrogens is 1. The smallest absolute Gasteiger partial charge is 0.271 e. The van der Waals surface area contributed by atoms with Crippen LogP contribution in [0.4, 0.5) is 0 Å². The van der Waals surface area contributed by atoms with E-state index in [1.165, 1.54) is 6.21 Å². The van der Waals surface area contributed by atoms with Crippen LogP contribution in [0, 0.1) is 0 Å². The van der Waals surface area contributed by atoms with E-state index in [0.717, 1.165) is 5.39 Å². The van der Waals surface area contributed by atoms with Crippen molar-refractivity contribution in [1.82, 2.24) is 10.4 Å². The molecule has 0 unspecified atom stereocenters. The van der Waals surface area contributed by atoms with Gasteiger partial charge in [-0.3, -0.25) is 9.78 Å². The normalized spacial score (nSPS) is 11.0. The van der Waals surface area contributed by atoms with Crippen LogP contribution in [0.2, 0.25) is 5.02 Å². The minimum atomic E-state index is -0.370. The zero-order valence-electron chi connectivity index (χ0n) is 11.9. The first-order chi connectivity index (χ1) is 11.1. The molecule has 5 nitrogen and oxygen atoms in total. The number of carbonyl (C=O) groups is 1. The number of nitrogens with zero attached hydrogens (tertiary/aromatic N) is 2. The van der Waals surface area contributed by atoms with Gasteiger partial charge in [0, 0.05) is 22.2 Å². The van der Waals surface area contributed by atoms with Gasteiger partial charge in [-0.05, 0) is 42.5 Å². The molecule has 2 aromatic carbocycles. The molecule has 1 amide bonds. The van der Waals surface area contributed by atoms with Gasteiger partial charge >= 0.3 is 0 Å². The molecular formula is C17H12ClN3O2. The number of halogens is 1. The van der Waals surface area contributed by atoms with Crippen molar-refractivity contribution in [3.05, 3.63) is 70.9 Å². The van der Waals surface area contributed by atoms with Crippen LogP contribution in [0.5, 0.6) is 5.75 Å². The van der Waals surface area contributed by atoms with E-state index >= 15 is 0 Å². The van der Waals surface area contributed by atoms with E-state index in [1.54, 1.807) is 42.6 Å². The van der Waals surface area contributed by atoms with Crippen LogP contribution in [0.3, 0.4) is 0 Å². The Bertz CT molecular complexity index is 892. The highest BCUT2D eigenvalue weighted by atomic mass is 35.5. The molecule has 23 heavy (non-hydrogen) atoms. The summed E-state index contributed by atoms with van der Waals surface area (Å²) in [6.07, 6.45) is 3.00. The van der Waals surface area contributed by atoms with E-state index in [1.807, 2.05) is 12.1 Å². The predicted octanol–water partition coefficient (Wildman–Crippen LogP) is 3.36. The summed E-state index contributed by atoms with van der Waals surface area (Å²) in [5.41, 5.74) is 3.90. The van der Waals surface area contributed by atoms with Gasteiger partial charge in [0.1, 0.15) is 5.75 Å². The number of phenolic OH excluding ortho intramolecular Hbond substituents is 1. The second-order valence-corrected chi connectivity index (χ2v) is 5.22. The van der Waals surface area contributed by atoms with E-state index in [9.17, 15) is 9.90 Å². The highest BCUT2D eigenvalue weighted by molar-refractivity contribution is 6.30. The number of rotatable bonds is 3. The van der Waals surface area contributed by atoms with Crippen LogP contribution >= 0.6 is 11.6 Å². The summed E-state index contributed by atoms with van der Waals surface area (Å²) in [5, 5.41) is 15.3. The molecule has 0 aliphatic rings. The van der Waals surface area contributed by atoms with Crippen molar-refractivity contribution < 1.29 is 9.90 Å². The number of hydrogen-bond donors (Lipinski definition) is 2. The average molecular weight is 326 g/mol. The van der Waals surface area contributed by atoms with Crippen LogP contribution < -0.4 is 5.43 Å². The maximum atomic E-state index is 11.9. The number of pyridine rings is 1. The van der Waals surface area contributed by atoms with Gasteiger partial charge in [-0.25, -0.2) is 5.43 Å². The fourth-order valence-corrected chi connectivity index (χ4v) is 2.23. The first-order valence-electron chi connectivity index (χ1n) is 6.81. The predicted molar refractivity (Wildman–Crippen MR) is 89.9 cm³/mol. The Kier molecular flexibility index (Phi) is 4.21. The Morgan fingerprint density at radius 3 is 2.74 bits per heavy atom. The third-order valence-corrected chi connectivity index (χ3v) is 3.51. The van der Waals surface area contributed by atoms with E-state index in [0.29, 0.717) is 21.7 Å². The summed E-state index contributed by atoms with van der Waals surface area (Å²) >= 11 is 5.78. The van der Waals surface area contributed by atoms with Crippen molar-refractivity contribution in [2.45, 2.75) is 0 Å². The van der Waals surface area contributed by atoms with Gasteiger partial charge in [0.2, 0.25) is 0 Å². The number of carbonyl (C=O) groups excluding carboxylic acids is 1. The van der Waals surface area contributed by atoms with Crippen molar-refractivity contribution in [3.8, 4) is 5.75 Å². The van der Waals surface area contributed by atoms with Crippen molar-refractivity contribution in [1.29, 1.82) is 0 Å². The fourth-order valence-electron chi connectivity index (χ4n) is 2.11. The van der Waals surface area contributed by atoms with Crippen LogP contribution in [0.25, 0.3) is 10.9 Å². The zero-order chi connectivity index (χ0) is 16.2. The molecular weight excluding hydrogens is 314 g/mol. The fraction of sp³-hybridized carbons (Fsp3) is 0. The molecule has 6 heteroatoms.